The third-order valence-corrected chi connectivity index (χ3v) is 2.97. The molecular weight excluding hydrogens is 136 g/mol. The molecular formula is C10H20O. The summed E-state index contributed by atoms with van der Waals surface area (Å²) in [7, 11) is 1.82. The van der Waals surface area contributed by atoms with Gasteiger partial charge in [-0.1, -0.05) is 32.6 Å². The Morgan fingerprint density at radius 2 is 1.82 bits per heavy atom. The summed E-state index contributed by atoms with van der Waals surface area (Å²) in [6, 6.07) is 0. The van der Waals surface area contributed by atoms with Gasteiger partial charge in [0, 0.05) is 13.7 Å². The van der Waals surface area contributed by atoms with Crippen LogP contribution in [-0.4, -0.2) is 13.7 Å². The Morgan fingerprint density at radius 3 is 2.36 bits per heavy atom. The highest BCUT2D eigenvalue weighted by Gasteiger charge is 2.22. The van der Waals surface area contributed by atoms with Crippen molar-refractivity contribution in [1.29, 1.82) is 0 Å². The zero-order valence-corrected chi connectivity index (χ0v) is 7.81. The van der Waals surface area contributed by atoms with Crippen molar-refractivity contribution >= 4 is 0 Å². The first-order chi connectivity index (χ1) is 5.38. The van der Waals surface area contributed by atoms with Crippen molar-refractivity contribution < 1.29 is 4.74 Å². The third kappa shape index (κ3) is 2.48. The van der Waals surface area contributed by atoms with Gasteiger partial charge in [-0.05, 0) is 18.3 Å². The lowest BCUT2D eigenvalue weighted by molar-refractivity contribution is 0.0924. The lowest BCUT2D eigenvalue weighted by atomic mass is 9.78. The Labute approximate surface area is 70.1 Å². The molecule has 1 heteroatoms. The number of hydrogen-bond acceptors (Lipinski definition) is 1. The smallest absolute Gasteiger partial charge is 0.0493 e. The SMILES string of the molecule is CC[C@@H]1CCCC[C@@H]1COC. The molecule has 0 unspecified atom stereocenters. The van der Waals surface area contributed by atoms with Crippen LogP contribution in [0.25, 0.3) is 0 Å². The van der Waals surface area contributed by atoms with E-state index in [-0.39, 0.29) is 0 Å². The molecule has 0 spiro atoms. The Morgan fingerprint density at radius 1 is 1.18 bits per heavy atom. The topological polar surface area (TPSA) is 9.23 Å². The molecule has 1 fully saturated rings. The van der Waals surface area contributed by atoms with E-state index in [1.54, 1.807) is 0 Å². The van der Waals surface area contributed by atoms with Gasteiger partial charge < -0.3 is 4.74 Å². The minimum Gasteiger partial charge on any atom is -0.384 e. The molecule has 0 bridgehead atoms. The fourth-order valence-electron chi connectivity index (χ4n) is 2.26. The van der Waals surface area contributed by atoms with Crippen molar-refractivity contribution in [2.75, 3.05) is 13.7 Å². The van der Waals surface area contributed by atoms with Crippen LogP contribution < -0.4 is 0 Å². The van der Waals surface area contributed by atoms with Gasteiger partial charge in [0.05, 0.1) is 0 Å². The minimum absolute atomic E-state index is 0.860. The Kier molecular flexibility index (Phi) is 3.92. The fourth-order valence-corrected chi connectivity index (χ4v) is 2.26. The fraction of sp³-hybridized carbons (Fsp3) is 1.00. The summed E-state index contributed by atoms with van der Waals surface area (Å²) in [4.78, 5) is 0. The van der Waals surface area contributed by atoms with E-state index in [4.69, 9.17) is 4.74 Å². The molecule has 0 heterocycles. The van der Waals surface area contributed by atoms with Crippen LogP contribution in [0.5, 0.6) is 0 Å². The van der Waals surface area contributed by atoms with E-state index in [0.29, 0.717) is 0 Å². The van der Waals surface area contributed by atoms with Gasteiger partial charge in [-0.15, -0.1) is 0 Å². The average molecular weight is 156 g/mol. The van der Waals surface area contributed by atoms with Gasteiger partial charge in [-0.25, -0.2) is 0 Å². The van der Waals surface area contributed by atoms with Crippen molar-refractivity contribution in [2.45, 2.75) is 39.0 Å². The summed E-state index contributed by atoms with van der Waals surface area (Å²) in [6.45, 7) is 3.29. The first-order valence-corrected chi connectivity index (χ1v) is 4.87. The minimum atomic E-state index is 0.860. The molecule has 0 aromatic carbocycles. The van der Waals surface area contributed by atoms with Crippen molar-refractivity contribution in [3.63, 3.8) is 0 Å². The third-order valence-electron chi connectivity index (χ3n) is 2.97. The van der Waals surface area contributed by atoms with Crippen molar-refractivity contribution in [2.24, 2.45) is 11.8 Å². The summed E-state index contributed by atoms with van der Waals surface area (Å²) in [5.74, 6) is 1.81. The number of methoxy groups -OCH3 is 1. The average Bonchev–Trinajstić information content (AvgIpc) is 2.06. The number of hydrogen-bond donors (Lipinski definition) is 0. The van der Waals surface area contributed by atoms with Gasteiger partial charge in [0.25, 0.3) is 0 Å². The predicted octanol–water partition coefficient (Wildman–Crippen LogP) is 2.85. The molecule has 66 valence electrons. The largest absolute Gasteiger partial charge is 0.384 e. The van der Waals surface area contributed by atoms with E-state index >= 15 is 0 Å². The molecule has 0 radical (unpaired) electrons. The van der Waals surface area contributed by atoms with Gasteiger partial charge in [0.1, 0.15) is 0 Å². The van der Waals surface area contributed by atoms with Crippen LogP contribution in [0.15, 0.2) is 0 Å². The second-order valence-corrected chi connectivity index (χ2v) is 3.67. The zero-order valence-electron chi connectivity index (χ0n) is 7.81. The van der Waals surface area contributed by atoms with Crippen LogP contribution in [-0.2, 0) is 4.74 Å². The molecule has 0 aromatic heterocycles. The van der Waals surface area contributed by atoms with Crippen LogP contribution in [0.1, 0.15) is 39.0 Å². The van der Waals surface area contributed by atoms with Gasteiger partial charge in [-0.3, -0.25) is 0 Å². The molecule has 1 saturated carbocycles. The number of rotatable bonds is 3. The standard InChI is InChI=1S/C10H20O/c1-3-9-6-4-5-7-10(9)8-11-2/h9-10H,3-8H2,1-2H3/t9-,10-/m1/s1. The molecule has 0 saturated heterocycles. The maximum absolute atomic E-state index is 5.21. The van der Waals surface area contributed by atoms with E-state index in [9.17, 15) is 0 Å². The van der Waals surface area contributed by atoms with Crippen molar-refractivity contribution in [3.8, 4) is 0 Å². The van der Waals surface area contributed by atoms with E-state index in [0.717, 1.165) is 18.4 Å². The van der Waals surface area contributed by atoms with E-state index in [1.807, 2.05) is 7.11 Å². The first-order valence-electron chi connectivity index (χ1n) is 4.87. The second-order valence-electron chi connectivity index (χ2n) is 3.67. The highest BCUT2D eigenvalue weighted by atomic mass is 16.5. The molecule has 0 aliphatic heterocycles. The normalized spacial score (nSPS) is 32.2. The molecule has 0 aromatic rings. The maximum Gasteiger partial charge on any atom is 0.0493 e. The van der Waals surface area contributed by atoms with Gasteiger partial charge in [0.15, 0.2) is 0 Å². The molecule has 1 aliphatic carbocycles. The van der Waals surface area contributed by atoms with Crippen molar-refractivity contribution in [1.82, 2.24) is 0 Å². The van der Waals surface area contributed by atoms with E-state index < -0.39 is 0 Å². The van der Waals surface area contributed by atoms with Gasteiger partial charge >= 0.3 is 0 Å². The van der Waals surface area contributed by atoms with E-state index in [1.165, 1.54) is 32.1 Å². The van der Waals surface area contributed by atoms with Crippen LogP contribution >= 0.6 is 0 Å². The van der Waals surface area contributed by atoms with E-state index in [2.05, 4.69) is 6.92 Å². The predicted molar refractivity (Wildman–Crippen MR) is 47.6 cm³/mol. The molecule has 2 atom stereocenters. The lowest BCUT2D eigenvalue weighted by Crippen LogP contribution is -2.22. The lowest BCUT2D eigenvalue weighted by Gasteiger charge is -2.30. The second kappa shape index (κ2) is 4.76. The van der Waals surface area contributed by atoms with Gasteiger partial charge in [-0.2, -0.15) is 0 Å². The quantitative estimate of drug-likeness (QED) is 0.610. The Bertz CT molecular complexity index is 99.0. The summed E-state index contributed by atoms with van der Waals surface area (Å²) >= 11 is 0. The summed E-state index contributed by atoms with van der Waals surface area (Å²) in [5, 5.41) is 0. The molecule has 11 heavy (non-hydrogen) atoms. The highest BCUT2D eigenvalue weighted by Crippen LogP contribution is 2.31. The summed E-state index contributed by atoms with van der Waals surface area (Å²) in [6.07, 6.45) is 7.04. The van der Waals surface area contributed by atoms with Crippen molar-refractivity contribution in [3.05, 3.63) is 0 Å². The molecule has 0 N–H and O–H groups in total. The molecule has 1 rings (SSSR count). The zero-order chi connectivity index (χ0) is 8.10. The first kappa shape index (κ1) is 9.05. The summed E-state index contributed by atoms with van der Waals surface area (Å²) in [5.41, 5.74) is 0. The van der Waals surface area contributed by atoms with Crippen LogP contribution in [0.3, 0.4) is 0 Å². The Balaban J connectivity index is 2.31. The van der Waals surface area contributed by atoms with Crippen LogP contribution in [0.4, 0.5) is 0 Å². The molecule has 0 amide bonds. The molecule has 1 nitrogen and oxygen atoms in total. The Hall–Kier alpha value is -0.0400. The summed E-state index contributed by atoms with van der Waals surface area (Å²) < 4.78 is 5.21. The number of ether oxygens (including phenoxy) is 1. The maximum atomic E-state index is 5.21. The molecule has 1 aliphatic rings. The highest BCUT2D eigenvalue weighted by molar-refractivity contribution is 4.73. The van der Waals surface area contributed by atoms with Crippen LogP contribution in [0.2, 0.25) is 0 Å². The van der Waals surface area contributed by atoms with Gasteiger partial charge in [0.2, 0.25) is 0 Å². The monoisotopic (exact) mass is 156 g/mol. The van der Waals surface area contributed by atoms with Crippen LogP contribution in [0, 0.1) is 11.8 Å².